The fourth-order valence-corrected chi connectivity index (χ4v) is 3.12. The number of hydrogen-bond acceptors (Lipinski definition) is 6. The van der Waals surface area contributed by atoms with Gasteiger partial charge in [-0.15, -0.1) is 6.58 Å². The number of allylic oxidation sites excluding steroid dienone is 1. The summed E-state index contributed by atoms with van der Waals surface area (Å²) in [5, 5.41) is 4.00. The molecule has 0 aliphatic rings. The summed E-state index contributed by atoms with van der Waals surface area (Å²) in [5.41, 5.74) is 1.80. The number of methoxy groups -OCH3 is 1. The van der Waals surface area contributed by atoms with E-state index in [0.717, 1.165) is 11.8 Å². The van der Waals surface area contributed by atoms with E-state index < -0.39 is 5.82 Å². The second-order valence-electron chi connectivity index (χ2n) is 8.16. The van der Waals surface area contributed by atoms with Crippen LogP contribution in [0.4, 0.5) is 10.2 Å². The lowest BCUT2D eigenvalue weighted by molar-refractivity contribution is -0.141. The first-order valence-electron chi connectivity index (χ1n) is 9.66. The topological polar surface area (TPSA) is 92.8 Å². The van der Waals surface area contributed by atoms with Crippen LogP contribution in [-0.4, -0.2) is 39.1 Å². The number of aromatic nitrogens is 4. The predicted molar refractivity (Wildman–Crippen MR) is 114 cm³/mol. The molecule has 30 heavy (non-hydrogen) atoms. The molecule has 0 spiro atoms. The summed E-state index contributed by atoms with van der Waals surface area (Å²) >= 11 is 0. The summed E-state index contributed by atoms with van der Waals surface area (Å²) in [5.74, 6) is 0.285. The van der Waals surface area contributed by atoms with Gasteiger partial charge in [0.2, 0.25) is 0 Å². The van der Waals surface area contributed by atoms with Gasteiger partial charge >= 0.3 is 5.97 Å². The maximum Gasteiger partial charge on any atom is 0.307 e. The molecular formula is C22H26FN5O2. The number of halogens is 1. The molecule has 1 atom stereocenters. The monoisotopic (exact) mass is 411 g/mol. The molecule has 3 aromatic rings. The van der Waals surface area contributed by atoms with Gasteiger partial charge in [0.05, 0.1) is 19.7 Å². The van der Waals surface area contributed by atoms with Gasteiger partial charge in [0.15, 0.2) is 5.82 Å². The van der Waals surface area contributed by atoms with Crippen molar-refractivity contribution in [1.82, 2.24) is 19.9 Å². The number of nitrogens with one attached hydrogen (secondary N) is 2. The third kappa shape index (κ3) is 4.64. The molecule has 158 valence electrons. The Morgan fingerprint density at radius 1 is 1.37 bits per heavy atom. The minimum absolute atomic E-state index is 0.190. The Labute approximate surface area is 174 Å². The number of aromatic amines is 1. The largest absolute Gasteiger partial charge is 0.469 e. The van der Waals surface area contributed by atoms with Gasteiger partial charge in [0, 0.05) is 34.9 Å². The van der Waals surface area contributed by atoms with E-state index in [1.807, 2.05) is 20.8 Å². The minimum atomic E-state index is -0.434. The Hall–Kier alpha value is -3.29. The van der Waals surface area contributed by atoms with Gasteiger partial charge in [-0.1, -0.05) is 26.8 Å². The van der Waals surface area contributed by atoms with Gasteiger partial charge in [-0.3, -0.25) is 4.79 Å². The Balaban J connectivity index is 2.04. The van der Waals surface area contributed by atoms with E-state index in [2.05, 4.69) is 26.8 Å². The van der Waals surface area contributed by atoms with Gasteiger partial charge in [-0.05, 0) is 17.9 Å². The number of fused-ring (bicyclic) bond motifs is 1. The van der Waals surface area contributed by atoms with Crippen LogP contribution in [0.3, 0.4) is 0 Å². The summed E-state index contributed by atoms with van der Waals surface area (Å²) in [6.45, 7) is 9.91. The van der Waals surface area contributed by atoms with E-state index in [1.54, 1.807) is 18.5 Å². The van der Waals surface area contributed by atoms with Crippen molar-refractivity contribution < 1.29 is 13.9 Å². The highest BCUT2D eigenvalue weighted by Gasteiger charge is 2.28. The Kier molecular flexibility index (Phi) is 6.14. The molecule has 8 heteroatoms. The number of nitrogens with zero attached hydrogens (tertiary/aromatic N) is 3. The SMILES string of the molecule is C=CCc1cnc(-c2c[nH]c3ncc(F)cc23)nc1NC(CC(=O)OC)C(C)(C)C. The number of H-pyrrole nitrogens is 1. The number of carbonyl (C=O) groups excluding carboxylic acids is 1. The lowest BCUT2D eigenvalue weighted by atomic mass is 9.84. The number of rotatable bonds is 7. The number of ether oxygens (including phenoxy) is 1. The molecule has 0 saturated carbocycles. The van der Waals surface area contributed by atoms with Crippen molar-refractivity contribution in [3.8, 4) is 11.4 Å². The highest BCUT2D eigenvalue weighted by atomic mass is 19.1. The standard InChI is InChI=1S/C22H26FN5O2/c1-6-7-13-10-24-21(16-12-26-20-15(16)8-14(23)11-25-20)28-19(13)27-17(22(2,3)4)9-18(29)30-5/h6,8,10-12,17H,1,7,9H2,2-5H3,(H,25,26)(H,24,27,28). The molecule has 0 bridgehead atoms. The average Bonchev–Trinajstić information content (AvgIpc) is 3.11. The normalized spacial score (nSPS) is 12.6. The van der Waals surface area contributed by atoms with E-state index >= 15 is 0 Å². The van der Waals surface area contributed by atoms with Crippen LogP contribution in [-0.2, 0) is 16.0 Å². The first-order chi connectivity index (χ1) is 14.2. The number of hydrogen-bond donors (Lipinski definition) is 2. The molecule has 0 saturated heterocycles. The highest BCUT2D eigenvalue weighted by Crippen LogP contribution is 2.30. The molecule has 3 aromatic heterocycles. The average molecular weight is 411 g/mol. The highest BCUT2D eigenvalue weighted by molar-refractivity contribution is 5.91. The molecule has 3 rings (SSSR count). The quantitative estimate of drug-likeness (QED) is 0.445. The van der Waals surface area contributed by atoms with E-state index in [4.69, 9.17) is 9.72 Å². The van der Waals surface area contributed by atoms with Gasteiger partial charge in [-0.25, -0.2) is 19.3 Å². The second kappa shape index (κ2) is 8.61. The predicted octanol–water partition coefficient (Wildman–Crippen LogP) is 4.28. The molecule has 0 aliphatic heterocycles. The molecule has 7 nitrogen and oxygen atoms in total. The van der Waals surface area contributed by atoms with Crippen LogP contribution in [0.1, 0.15) is 32.8 Å². The number of carbonyl (C=O) groups is 1. The number of anilines is 1. The molecule has 0 fully saturated rings. The Bertz CT molecular complexity index is 1070. The lowest BCUT2D eigenvalue weighted by Crippen LogP contribution is -2.37. The van der Waals surface area contributed by atoms with Crippen LogP contribution in [0.15, 0.2) is 37.3 Å². The summed E-state index contributed by atoms with van der Waals surface area (Å²) in [4.78, 5) is 28.2. The van der Waals surface area contributed by atoms with Crippen molar-refractivity contribution in [2.45, 2.75) is 39.7 Å². The number of pyridine rings is 1. The van der Waals surface area contributed by atoms with Gasteiger partial charge in [0.1, 0.15) is 17.3 Å². The van der Waals surface area contributed by atoms with E-state index in [1.165, 1.54) is 13.2 Å². The molecule has 0 aliphatic carbocycles. The first kappa shape index (κ1) is 21.4. The Morgan fingerprint density at radius 3 is 2.80 bits per heavy atom. The first-order valence-corrected chi connectivity index (χ1v) is 9.66. The van der Waals surface area contributed by atoms with Crippen LogP contribution in [0.25, 0.3) is 22.4 Å². The maximum atomic E-state index is 13.7. The summed E-state index contributed by atoms with van der Waals surface area (Å²) in [6, 6.07) is 1.18. The van der Waals surface area contributed by atoms with Crippen molar-refractivity contribution in [2.75, 3.05) is 12.4 Å². The lowest BCUT2D eigenvalue weighted by Gasteiger charge is -2.31. The summed E-state index contributed by atoms with van der Waals surface area (Å²) in [7, 11) is 1.37. The van der Waals surface area contributed by atoms with Crippen molar-refractivity contribution in [2.24, 2.45) is 5.41 Å². The van der Waals surface area contributed by atoms with Gasteiger partial charge < -0.3 is 15.0 Å². The zero-order chi connectivity index (χ0) is 21.9. The third-order valence-electron chi connectivity index (χ3n) is 4.92. The fourth-order valence-electron chi connectivity index (χ4n) is 3.12. The molecular weight excluding hydrogens is 385 g/mol. The zero-order valence-corrected chi connectivity index (χ0v) is 17.6. The molecule has 0 radical (unpaired) electrons. The molecule has 0 aromatic carbocycles. The van der Waals surface area contributed by atoms with Crippen LogP contribution >= 0.6 is 0 Å². The maximum absolute atomic E-state index is 13.7. The van der Waals surface area contributed by atoms with Crippen LogP contribution in [0.2, 0.25) is 0 Å². The minimum Gasteiger partial charge on any atom is -0.469 e. The van der Waals surface area contributed by atoms with Crippen LogP contribution < -0.4 is 5.32 Å². The van der Waals surface area contributed by atoms with Crippen molar-refractivity contribution in [3.05, 3.63) is 48.7 Å². The van der Waals surface area contributed by atoms with Crippen LogP contribution in [0.5, 0.6) is 0 Å². The second-order valence-corrected chi connectivity index (χ2v) is 8.16. The third-order valence-corrected chi connectivity index (χ3v) is 4.92. The van der Waals surface area contributed by atoms with Gasteiger partial charge in [-0.2, -0.15) is 0 Å². The zero-order valence-electron chi connectivity index (χ0n) is 17.6. The van der Waals surface area contributed by atoms with E-state index in [-0.39, 0.29) is 23.8 Å². The van der Waals surface area contributed by atoms with Crippen molar-refractivity contribution in [1.29, 1.82) is 0 Å². The number of esters is 1. The van der Waals surface area contributed by atoms with Crippen LogP contribution in [0, 0.1) is 11.2 Å². The summed E-state index contributed by atoms with van der Waals surface area (Å²) in [6.07, 6.45) is 7.09. The van der Waals surface area contributed by atoms with Crippen molar-refractivity contribution in [3.63, 3.8) is 0 Å². The van der Waals surface area contributed by atoms with Crippen molar-refractivity contribution >= 4 is 22.8 Å². The van der Waals surface area contributed by atoms with Gasteiger partial charge in [0.25, 0.3) is 0 Å². The smallest absolute Gasteiger partial charge is 0.307 e. The van der Waals surface area contributed by atoms with E-state index in [0.29, 0.717) is 34.7 Å². The molecule has 2 N–H and O–H groups in total. The summed E-state index contributed by atoms with van der Waals surface area (Å²) < 4.78 is 18.6. The molecule has 1 unspecified atom stereocenters. The Morgan fingerprint density at radius 2 is 2.13 bits per heavy atom. The van der Waals surface area contributed by atoms with E-state index in [9.17, 15) is 9.18 Å². The molecule has 0 amide bonds. The molecule has 3 heterocycles. The fraction of sp³-hybridized carbons (Fsp3) is 0.364.